The minimum atomic E-state index is -0.423. The standard InChI is InChI=1S/C24H31N3O4/c1-3-6-18-23(17-8-9-19-20(15-17)31-14-13-30-19)22(24(25)29)16(2)27(18)12-5-11-26-10-4-7-21(26)28/h8-9,15H,3-7,10-14H2,1-2H3,(H2,25,29). The Morgan fingerprint density at radius 2 is 1.94 bits per heavy atom. The van der Waals surface area contributed by atoms with Gasteiger partial charge in [0.05, 0.1) is 5.56 Å². The van der Waals surface area contributed by atoms with Gasteiger partial charge in [-0.2, -0.15) is 0 Å². The number of likely N-dealkylation sites (tertiary alicyclic amines) is 1. The molecule has 2 aliphatic heterocycles. The zero-order valence-electron chi connectivity index (χ0n) is 18.4. The van der Waals surface area contributed by atoms with Crippen LogP contribution in [-0.2, 0) is 17.8 Å². The van der Waals surface area contributed by atoms with Crippen LogP contribution in [0.2, 0.25) is 0 Å². The maximum atomic E-state index is 12.5. The molecular weight excluding hydrogens is 394 g/mol. The van der Waals surface area contributed by atoms with E-state index in [9.17, 15) is 9.59 Å². The van der Waals surface area contributed by atoms with Crippen molar-refractivity contribution in [3.05, 3.63) is 35.2 Å². The fourth-order valence-electron chi connectivity index (χ4n) is 4.77. The van der Waals surface area contributed by atoms with Gasteiger partial charge in [0.2, 0.25) is 5.91 Å². The summed E-state index contributed by atoms with van der Waals surface area (Å²) >= 11 is 0. The number of carbonyl (C=O) groups is 2. The smallest absolute Gasteiger partial charge is 0.251 e. The van der Waals surface area contributed by atoms with Gasteiger partial charge < -0.3 is 24.7 Å². The molecule has 2 aliphatic rings. The summed E-state index contributed by atoms with van der Waals surface area (Å²) in [5, 5.41) is 0. The molecule has 2 amide bonds. The first kappa shape index (κ1) is 21.3. The minimum absolute atomic E-state index is 0.243. The van der Waals surface area contributed by atoms with Crippen molar-refractivity contribution in [1.82, 2.24) is 9.47 Å². The summed E-state index contributed by atoms with van der Waals surface area (Å²) in [6, 6.07) is 5.82. The summed E-state index contributed by atoms with van der Waals surface area (Å²) in [5.41, 5.74) is 10.2. The van der Waals surface area contributed by atoms with Crippen molar-refractivity contribution in [2.45, 2.75) is 52.5 Å². The molecule has 1 aromatic carbocycles. The number of hydrogen-bond donors (Lipinski definition) is 1. The third-order valence-electron chi connectivity index (χ3n) is 6.18. The second-order valence-electron chi connectivity index (χ2n) is 8.24. The summed E-state index contributed by atoms with van der Waals surface area (Å²) < 4.78 is 13.6. The molecule has 2 N–H and O–H groups in total. The highest BCUT2D eigenvalue weighted by Gasteiger charge is 2.26. The number of nitrogens with zero attached hydrogens (tertiary/aromatic N) is 2. The van der Waals surface area contributed by atoms with Crippen molar-refractivity contribution in [3.63, 3.8) is 0 Å². The van der Waals surface area contributed by atoms with Crippen LogP contribution < -0.4 is 15.2 Å². The van der Waals surface area contributed by atoms with Crippen LogP contribution in [0.3, 0.4) is 0 Å². The fourth-order valence-corrected chi connectivity index (χ4v) is 4.77. The van der Waals surface area contributed by atoms with Gasteiger partial charge >= 0.3 is 0 Å². The predicted octanol–water partition coefficient (Wildman–Crippen LogP) is 3.30. The Morgan fingerprint density at radius 1 is 1.16 bits per heavy atom. The van der Waals surface area contributed by atoms with E-state index < -0.39 is 5.91 Å². The average molecular weight is 426 g/mol. The topological polar surface area (TPSA) is 86.8 Å². The lowest BCUT2D eigenvalue weighted by molar-refractivity contribution is -0.127. The van der Waals surface area contributed by atoms with Crippen molar-refractivity contribution >= 4 is 11.8 Å². The van der Waals surface area contributed by atoms with Gasteiger partial charge in [0.1, 0.15) is 13.2 Å². The highest BCUT2D eigenvalue weighted by molar-refractivity contribution is 6.02. The molecule has 0 spiro atoms. The minimum Gasteiger partial charge on any atom is -0.486 e. The van der Waals surface area contributed by atoms with E-state index in [0.29, 0.717) is 30.9 Å². The number of amides is 2. The van der Waals surface area contributed by atoms with E-state index >= 15 is 0 Å². The van der Waals surface area contributed by atoms with Gasteiger partial charge in [0, 0.05) is 43.0 Å². The number of ether oxygens (including phenoxy) is 2. The molecule has 166 valence electrons. The number of nitrogens with two attached hydrogens (primary N) is 1. The molecule has 2 aromatic rings. The van der Waals surface area contributed by atoms with Crippen LogP contribution in [0.1, 0.15) is 54.4 Å². The van der Waals surface area contributed by atoms with Gasteiger partial charge in [-0.05, 0) is 43.9 Å². The van der Waals surface area contributed by atoms with Crippen molar-refractivity contribution in [2.24, 2.45) is 5.73 Å². The molecule has 1 fully saturated rings. The molecule has 4 rings (SSSR count). The first-order valence-electron chi connectivity index (χ1n) is 11.2. The number of rotatable bonds is 8. The summed E-state index contributed by atoms with van der Waals surface area (Å²) in [5.74, 6) is 1.24. The fraction of sp³-hybridized carbons (Fsp3) is 0.500. The number of fused-ring (bicyclic) bond motifs is 1. The van der Waals surface area contributed by atoms with E-state index in [2.05, 4.69) is 11.5 Å². The Balaban J connectivity index is 1.70. The Kier molecular flexibility index (Phi) is 6.20. The monoisotopic (exact) mass is 425 g/mol. The van der Waals surface area contributed by atoms with Crippen molar-refractivity contribution in [2.75, 3.05) is 26.3 Å². The van der Waals surface area contributed by atoms with Crippen LogP contribution in [0.4, 0.5) is 0 Å². The molecular formula is C24H31N3O4. The van der Waals surface area contributed by atoms with Crippen LogP contribution in [0.25, 0.3) is 11.1 Å². The van der Waals surface area contributed by atoms with Gasteiger partial charge in [-0.3, -0.25) is 9.59 Å². The van der Waals surface area contributed by atoms with Crippen LogP contribution in [0.15, 0.2) is 18.2 Å². The van der Waals surface area contributed by atoms with Crippen molar-refractivity contribution in [3.8, 4) is 22.6 Å². The van der Waals surface area contributed by atoms with Gasteiger partial charge in [-0.1, -0.05) is 19.4 Å². The molecule has 0 saturated carbocycles. The van der Waals surface area contributed by atoms with Crippen molar-refractivity contribution in [1.29, 1.82) is 0 Å². The summed E-state index contributed by atoms with van der Waals surface area (Å²) in [7, 11) is 0. The molecule has 1 aromatic heterocycles. The summed E-state index contributed by atoms with van der Waals surface area (Å²) in [6.07, 6.45) is 4.23. The van der Waals surface area contributed by atoms with Gasteiger partial charge in [-0.15, -0.1) is 0 Å². The highest BCUT2D eigenvalue weighted by atomic mass is 16.6. The largest absolute Gasteiger partial charge is 0.486 e. The molecule has 1 saturated heterocycles. The van der Waals surface area contributed by atoms with E-state index in [1.807, 2.05) is 30.0 Å². The van der Waals surface area contributed by atoms with E-state index in [1.54, 1.807) is 0 Å². The number of hydrogen-bond acceptors (Lipinski definition) is 4. The van der Waals surface area contributed by atoms with Gasteiger partial charge in [-0.25, -0.2) is 0 Å². The van der Waals surface area contributed by atoms with Crippen molar-refractivity contribution < 1.29 is 19.1 Å². The second-order valence-corrected chi connectivity index (χ2v) is 8.24. The van der Waals surface area contributed by atoms with Crippen LogP contribution >= 0.6 is 0 Å². The van der Waals surface area contributed by atoms with Gasteiger partial charge in [0.25, 0.3) is 5.91 Å². The van der Waals surface area contributed by atoms with Gasteiger partial charge in [0.15, 0.2) is 11.5 Å². The lowest BCUT2D eigenvalue weighted by Crippen LogP contribution is -2.26. The van der Waals surface area contributed by atoms with E-state index in [1.165, 1.54) is 0 Å². The second kappa shape index (κ2) is 9.04. The lowest BCUT2D eigenvalue weighted by Gasteiger charge is -2.19. The molecule has 0 atom stereocenters. The molecule has 31 heavy (non-hydrogen) atoms. The molecule has 0 aliphatic carbocycles. The summed E-state index contributed by atoms with van der Waals surface area (Å²) in [6.45, 7) is 7.48. The molecule has 7 heteroatoms. The third kappa shape index (κ3) is 4.13. The summed E-state index contributed by atoms with van der Waals surface area (Å²) in [4.78, 5) is 26.4. The number of benzene rings is 1. The zero-order chi connectivity index (χ0) is 22.0. The SMILES string of the molecule is CCCc1c(-c2ccc3c(c2)OCCO3)c(C(N)=O)c(C)n1CCCN1CCCC1=O. The Morgan fingerprint density at radius 3 is 2.61 bits per heavy atom. The zero-order valence-corrected chi connectivity index (χ0v) is 18.4. The maximum absolute atomic E-state index is 12.5. The molecule has 7 nitrogen and oxygen atoms in total. The average Bonchev–Trinajstić information content (AvgIpc) is 3.29. The number of aromatic nitrogens is 1. The Hall–Kier alpha value is -2.96. The maximum Gasteiger partial charge on any atom is 0.251 e. The molecule has 0 unspecified atom stereocenters. The van der Waals surface area contributed by atoms with E-state index in [-0.39, 0.29) is 5.91 Å². The molecule has 0 bridgehead atoms. The molecule has 3 heterocycles. The Labute approximate surface area is 183 Å². The highest BCUT2D eigenvalue weighted by Crippen LogP contribution is 2.39. The number of carbonyl (C=O) groups excluding carboxylic acids is 2. The normalized spacial score (nSPS) is 15.5. The quantitative estimate of drug-likeness (QED) is 0.703. The number of primary amides is 1. The lowest BCUT2D eigenvalue weighted by atomic mass is 9.97. The van der Waals surface area contributed by atoms with E-state index in [4.69, 9.17) is 15.2 Å². The Bertz CT molecular complexity index is 995. The van der Waals surface area contributed by atoms with Crippen LogP contribution in [-0.4, -0.2) is 47.6 Å². The first-order valence-corrected chi connectivity index (χ1v) is 11.2. The third-order valence-corrected chi connectivity index (χ3v) is 6.18. The van der Waals surface area contributed by atoms with Crippen LogP contribution in [0.5, 0.6) is 11.5 Å². The first-order chi connectivity index (χ1) is 15.0. The van der Waals surface area contributed by atoms with E-state index in [0.717, 1.165) is 73.6 Å². The molecule has 0 radical (unpaired) electrons. The predicted molar refractivity (Wildman–Crippen MR) is 119 cm³/mol. The van der Waals surface area contributed by atoms with Crippen LogP contribution in [0, 0.1) is 6.92 Å².